The molecule has 16 heavy (non-hydrogen) atoms. The van der Waals surface area contributed by atoms with Gasteiger partial charge in [-0.1, -0.05) is 25.6 Å². The molecule has 2 unspecified atom stereocenters. The molecule has 1 aliphatic rings. The van der Waals surface area contributed by atoms with Crippen LogP contribution in [0.1, 0.15) is 33.6 Å². The molecule has 3 nitrogen and oxygen atoms in total. The van der Waals surface area contributed by atoms with Crippen LogP contribution < -0.4 is 5.32 Å². The van der Waals surface area contributed by atoms with Gasteiger partial charge in [-0.25, -0.2) is 0 Å². The van der Waals surface area contributed by atoms with Gasteiger partial charge in [0.1, 0.15) is 0 Å². The number of thioether (sulfide) groups is 1. The third kappa shape index (κ3) is 3.48. The summed E-state index contributed by atoms with van der Waals surface area (Å²) in [5.41, 5.74) is 0.234. The Balaban J connectivity index is 2.52. The molecule has 94 valence electrons. The van der Waals surface area contributed by atoms with E-state index in [-0.39, 0.29) is 10.8 Å². The van der Waals surface area contributed by atoms with E-state index in [4.69, 9.17) is 0 Å². The molecule has 0 aromatic heterocycles. The minimum Gasteiger partial charge on any atom is -0.359 e. The zero-order valence-corrected chi connectivity index (χ0v) is 12.2. The fourth-order valence-electron chi connectivity index (χ4n) is 1.54. The minimum absolute atomic E-state index is 0.146. The maximum absolute atomic E-state index is 11.2. The van der Waals surface area contributed by atoms with Crippen LogP contribution in [0.15, 0.2) is 4.99 Å². The van der Waals surface area contributed by atoms with Gasteiger partial charge in [-0.05, 0) is 19.8 Å². The highest BCUT2D eigenvalue weighted by atomic mass is 32.2. The van der Waals surface area contributed by atoms with E-state index in [2.05, 4.69) is 24.2 Å². The van der Waals surface area contributed by atoms with Gasteiger partial charge in [0.2, 0.25) is 0 Å². The summed E-state index contributed by atoms with van der Waals surface area (Å²) >= 11 is 1.79. The summed E-state index contributed by atoms with van der Waals surface area (Å²) in [5, 5.41) is 4.69. The summed E-state index contributed by atoms with van der Waals surface area (Å²) in [6, 6.07) is 0. The van der Waals surface area contributed by atoms with Crippen molar-refractivity contribution in [2.24, 2.45) is 4.99 Å². The molecule has 0 aromatic carbocycles. The first kappa shape index (κ1) is 14.0. The quantitative estimate of drug-likeness (QED) is 0.824. The van der Waals surface area contributed by atoms with Crippen LogP contribution in [-0.4, -0.2) is 38.7 Å². The third-order valence-electron chi connectivity index (χ3n) is 3.27. The van der Waals surface area contributed by atoms with Gasteiger partial charge >= 0.3 is 0 Å². The third-order valence-corrected chi connectivity index (χ3v) is 5.75. The molecule has 0 amide bonds. The zero-order valence-electron chi connectivity index (χ0n) is 10.6. The fraction of sp³-hybridized carbons (Fsp3) is 0.909. The smallest absolute Gasteiger partial charge is 0.157 e. The first-order valence-electron chi connectivity index (χ1n) is 5.80. The van der Waals surface area contributed by atoms with E-state index in [1.54, 1.807) is 18.0 Å². The van der Waals surface area contributed by atoms with Gasteiger partial charge in [-0.2, -0.15) is 0 Å². The van der Waals surface area contributed by atoms with E-state index in [0.29, 0.717) is 6.54 Å². The van der Waals surface area contributed by atoms with Crippen molar-refractivity contribution in [3.05, 3.63) is 0 Å². The van der Waals surface area contributed by atoms with Crippen molar-refractivity contribution >= 4 is 27.7 Å². The highest BCUT2D eigenvalue weighted by molar-refractivity contribution is 8.14. The van der Waals surface area contributed by atoms with E-state index in [9.17, 15) is 4.21 Å². The monoisotopic (exact) mass is 262 g/mol. The predicted molar refractivity (Wildman–Crippen MR) is 74.7 cm³/mol. The Bertz CT molecular complexity index is 288. The molecule has 1 saturated heterocycles. The van der Waals surface area contributed by atoms with Crippen molar-refractivity contribution < 1.29 is 4.21 Å². The molecule has 0 spiro atoms. The van der Waals surface area contributed by atoms with Gasteiger partial charge < -0.3 is 5.32 Å². The summed E-state index contributed by atoms with van der Waals surface area (Å²) < 4.78 is 11.2. The van der Waals surface area contributed by atoms with Crippen LogP contribution in [-0.2, 0) is 10.8 Å². The Kier molecular flexibility index (Phi) is 5.31. The molecular formula is C11H22N2OS2. The first-order chi connectivity index (χ1) is 7.53. The lowest BCUT2D eigenvalue weighted by Gasteiger charge is -2.25. The number of hydrogen-bond donors (Lipinski definition) is 1. The second kappa shape index (κ2) is 6.05. The molecule has 5 heteroatoms. The topological polar surface area (TPSA) is 41.5 Å². The number of nitrogens with zero attached hydrogens (tertiary/aromatic N) is 1. The van der Waals surface area contributed by atoms with Crippen LogP contribution >= 0.6 is 11.8 Å². The van der Waals surface area contributed by atoms with Gasteiger partial charge in [0.25, 0.3) is 0 Å². The molecule has 0 aliphatic carbocycles. The minimum atomic E-state index is -0.777. The van der Waals surface area contributed by atoms with Crippen LogP contribution in [0.3, 0.4) is 0 Å². The van der Waals surface area contributed by atoms with Gasteiger partial charge in [0, 0.05) is 28.3 Å². The standard InChI is InChI=1S/C11H22N2OS2/c1-5-11(6-2)8-15-10(13-11)12-7-9(3)16(4)14/h9H,5-8H2,1-4H3,(H,12,13). The summed E-state index contributed by atoms with van der Waals surface area (Å²) in [5.74, 6) is 1.10. The average Bonchev–Trinajstić information content (AvgIpc) is 2.70. The largest absolute Gasteiger partial charge is 0.359 e. The Morgan fingerprint density at radius 2 is 2.19 bits per heavy atom. The summed E-state index contributed by atoms with van der Waals surface area (Å²) in [6.07, 6.45) is 4.00. The van der Waals surface area contributed by atoms with Crippen molar-refractivity contribution in [3.8, 4) is 0 Å². The maximum Gasteiger partial charge on any atom is 0.157 e. The highest BCUT2D eigenvalue weighted by Gasteiger charge is 2.33. The lowest BCUT2D eigenvalue weighted by Crippen LogP contribution is -2.42. The second-order valence-corrected chi connectivity index (χ2v) is 7.12. The molecular weight excluding hydrogens is 240 g/mol. The van der Waals surface area contributed by atoms with Gasteiger partial charge in [0.05, 0.1) is 11.8 Å². The predicted octanol–water partition coefficient (Wildman–Crippen LogP) is 2.00. The molecule has 2 atom stereocenters. The van der Waals surface area contributed by atoms with E-state index in [1.165, 1.54) is 0 Å². The van der Waals surface area contributed by atoms with Crippen LogP contribution in [0, 0.1) is 0 Å². The Hall–Kier alpha value is -0.0300. The molecule has 0 aromatic rings. The molecule has 1 N–H and O–H groups in total. The van der Waals surface area contributed by atoms with Crippen molar-refractivity contribution in [2.75, 3.05) is 18.6 Å². The number of hydrogen-bond acceptors (Lipinski definition) is 3. The number of rotatable bonds is 5. The Morgan fingerprint density at radius 1 is 1.56 bits per heavy atom. The Morgan fingerprint density at radius 3 is 2.62 bits per heavy atom. The normalized spacial score (nSPS) is 25.4. The van der Waals surface area contributed by atoms with Crippen LogP contribution in [0.4, 0.5) is 0 Å². The van der Waals surface area contributed by atoms with Crippen LogP contribution in [0.25, 0.3) is 0 Å². The number of amidine groups is 1. The van der Waals surface area contributed by atoms with Crippen LogP contribution in [0.5, 0.6) is 0 Å². The van der Waals surface area contributed by atoms with E-state index in [1.807, 2.05) is 6.92 Å². The van der Waals surface area contributed by atoms with E-state index < -0.39 is 10.8 Å². The summed E-state index contributed by atoms with van der Waals surface area (Å²) in [4.78, 5) is 4.51. The Labute approximate surface area is 105 Å². The molecule has 0 bridgehead atoms. The average molecular weight is 262 g/mol. The molecule has 1 aliphatic heterocycles. The SMILES string of the molecule is CCC1(CC)CSC(=NCC(C)S(C)=O)N1. The lowest BCUT2D eigenvalue weighted by atomic mass is 9.96. The molecule has 1 rings (SSSR count). The van der Waals surface area contributed by atoms with Gasteiger partial charge in [0.15, 0.2) is 5.17 Å². The fourth-order valence-corrected chi connectivity index (χ4v) is 3.17. The highest BCUT2D eigenvalue weighted by Crippen LogP contribution is 2.28. The van der Waals surface area contributed by atoms with Crippen molar-refractivity contribution in [2.45, 2.75) is 44.4 Å². The number of aliphatic imine (C=N–C) groups is 1. The molecule has 1 heterocycles. The lowest BCUT2D eigenvalue weighted by molar-refractivity contribution is 0.407. The van der Waals surface area contributed by atoms with Crippen molar-refractivity contribution in [1.82, 2.24) is 5.32 Å². The van der Waals surface area contributed by atoms with Gasteiger partial charge in [-0.3, -0.25) is 9.20 Å². The second-order valence-electron chi connectivity index (χ2n) is 4.36. The van der Waals surface area contributed by atoms with Crippen LogP contribution in [0.2, 0.25) is 0 Å². The zero-order chi connectivity index (χ0) is 12.2. The molecule has 0 radical (unpaired) electrons. The first-order valence-corrected chi connectivity index (χ1v) is 8.41. The molecule has 1 fully saturated rings. The van der Waals surface area contributed by atoms with E-state index >= 15 is 0 Å². The van der Waals surface area contributed by atoms with Crippen molar-refractivity contribution in [1.29, 1.82) is 0 Å². The maximum atomic E-state index is 11.2. The summed E-state index contributed by atoms with van der Waals surface area (Å²) in [6.45, 7) is 7.06. The van der Waals surface area contributed by atoms with Gasteiger partial charge in [-0.15, -0.1) is 0 Å². The van der Waals surface area contributed by atoms with Crippen molar-refractivity contribution in [3.63, 3.8) is 0 Å². The molecule has 0 saturated carbocycles. The van der Waals surface area contributed by atoms with E-state index in [0.717, 1.165) is 23.8 Å². The number of nitrogens with one attached hydrogen (secondary N) is 1. The summed E-state index contributed by atoms with van der Waals surface area (Å²) in [7, 11) is -0.777.